The van der Waals surface area contributed by atoms with Crippen LogP contribution in [-0.4, -0.2) is 28.9 Å². The van der Waals surface area contributed by atoms with Gasteiger partial charge in [-0.2, -0.15) is 0 Å². The fraction of sp³-hybridized carbons (Fsp3) is 0.333. The van der Waals surface area contributed by atoms with Crippen molar-refractivity contribution >= 4 is 22.7 Å². The van der Waals surface area contributed by atoms with Crippen molar-refractivity contribution in [3.05, 3.63) is 71.9 Å². The molecule has 2 aromatic carbocycles. The van der Waals surface area contributed by atoms with Crippen LogP contribution in [0.1, 0.15) is 43.2 Å². The summed E-state index contributed by atoms with van der Waals surface area (Å²) in [5, 5.41) is 7.12. The van der Waals surface area contributed by atoms with Crippen LogP contribution in [0.3, 0.4) is 0 Å². The molecule has 2 amide bonds. The summed E-state index contributed by atoms with van der Waals surface area (Å²) in [4.78, 5) is 28.8. The zero-order chi connectivity index (χ0) is 20.2. The second-order valence-electron chi connectivity index (χ2n) is 7.98. The van der Waals surface area contributed by atoms with Crippen molar-refractivity contribution in [3.8, 4) is 0 Å². The number of hydrogen-bond donors (Lipinski definition) is 3. The van der Waals surface area contributed by atoms with Crippen molar-refractivity contribution in [2.45, 2.75) is 50.6 Å². The summed E-state index contributed by atoms with van der Waals surface area (Å²) in [6.07, 6.45) is 4.79. The molecular weight excluding hydrogens is 362 g/mol. The predicted octanol–water partition coefficient (Wildman–Crippen LogP) is 3.67. The molecule has 5 nitrogen and oxygen atoms in total. The van der Waals surface area contributed by atoms with Crippen molar-refractivity contribution < 1.29 is 9.59 Å². The van der Waals surface area contributed by atoms with Crippen molar-refractivity contribution in [3.63, 3.8) is 0 Å². The smallest absolute Gasteiger partial charge is 0.243 e. The van der Waals surface area contributed by atoms with Gasteiger partial charge in [-0.1, -0.05) is 55.5 Å². The van der Waals surface area contributed by atoms with Crippen LogP contribution >= 0.6 is 0 Å². The maximum Gasteiger partial charge on any atom is 0.243 e. The van der Waals surface area contributed by atoms with Crippen molar-refractivity contribution in [2.75, 3.05) is 0 Å². The number of hydrogen-bond acceptors (Lipinski definition) is 2. The van der Waals surface area contributed by atoms with E-state index in [0.717, 1.165) is 34.9 Å². The molecule has 0 radical (unpaired) electrons. The van der Waals surface area contributed by atoms with Gasteiger partial charge < -0.3 is 15.6 Å². The molecule has 1 heterocycles. The SMILES string of the molecule is CC(CC(=O)NC(Cc1c[nH]c2ccccc12)C(=O)NC1CC1)c1ccccc1. The molecule has 0 aliphatic heterocycles. The van der Waals surface area contributed by atoms with Gasteiger partial charge in [-0.25, -0.2) is 0 Å². The number of para-hydroxylation sites is 1. The Morgan fingerprint density at radius 1 is 1.07 bits per heavy atom. The predicted molar refractivity (Wildman–Crippen MR) is 115 cm³/mol. The van der Waals surface area contributed by atoms with E-state index >= 15 is 0 Å². The van der Waals surface area contributed by atoms with Gasteiger partial charge in [0.25, 0.3) is 0 Å². The summed E-state index contributed by atoms with van der Waals surface area (Å²) >= 11 is 0. The molecule has 1 aromatic heterocycles. The number of carbonyl (C=O) groups excluding carboxylic acids is 2. The van der Waals surface area contributed by atoms with Crippen molar-refractivity contribution in [1.82, 2.24) is 15.6 Å². The highest BCUT2D eigenvalue weighted by Crippen LogP contribution is 2.22. The molecular formula is C24H27N3O2. The van der Waals surface area contributed by atoms with Crippen molar-refractivity contribution in [2.24, 2.45) is 0 Å². The Hall–Kier alpha value is -3.08. The van der Waals surface area contributed by atoms with Gasteiger partial charge >= 0.3 is 0 Å². The summed E-state index contributed by atoms with van der Waals surface area (Å²) in [7, 11) is 0. The maximum absolute atomic E-state index is 12.8. The molecule has 1 saturated carbocycles. The van der Waals surface area contributed by atoms with Crippen LogP contribution in [0.25, 0.3) is 10.9 Å². The second-order valence-corrected chi connectivity index (χ2v) is 7.98. The topological polar surface area (TPSA) is 74.0 Å². The van der Waals surface area contributed by atoms with E-state index < -0.39 is 6.04 Å². The number of rotatable bonds is 8. The summed E-state index contributed by atoms with van der Waals surface area (Å²) in [6, 6.07) is 17.7. The average molecular weight is 389 g/mol. The highest BCUT2D eigenvalue weighted by Gasteiger charge is 2.29. The van der Waals surface area contributed by atoms with Gasteiger partial charge in [0.2, 0.25) is 11.8 Å². The van der Waals surface area contributed by atoms with Crippen LogP contribution in [0.2, 0.25) is 0 Å². The molecule has 3 N–H and O–H groups in total. The van der Waals surface area contributed by atoms with Gasteiger partial charge in [-0.05, 0) is 36.0 Å². The Kier molecular flexibility index (Phi) is 5.65. The van der Waals surface area contributed by atoms with Crippen LogP contribution in [0, 0.1) is 0 Å². The monoisotopic (exact) mass is 389 g/mol. The number of H-pyrrole nitrogens is 1. The van der Waals surface area contributed by atoms with Gasteiger partial charge in [0.1, 0.15) is 6.04 Å². The van der Waals surface area contributed by atoms with E-state index in [0.29, 0.717) is 12.8 Å². The molecule has 2 unspecified atom stereocenters. The molecule has 4 rings (SSSR count). The lowest BCUT2D eigenvalue weighted by molar-refractivity contribution is -0.129. The summed E-state index contributed by atoms with van der Waals surface area (Å²) in [5.41, 5.74) is 3.19. The number of benzene rings is 2. The molecule has 29 heavy (non-hydrogen) atoms. The Morgan fingerprint density at radius 2 is 1.79 bits per heavy atom. The van der Waals surface area contributed by atoms with E-state index in [4.69, 9.17) is 0 Å². The standard InChI is InChI=1S/C24H27N3O2/c1-16(17-7-3-2-4-8-17)13-23(28)27-22(24(29)26-19-11-12-19)14-18-15-25-21-10-6-5-9-20(18)21/h2-10,15-16,19,22,25H,11-14H2,1H3,(H,26,29)(H,27,28). The first-order valence-corrected chi connectivity index (χ1v) is 10.3. The third kappa shape index (κ3) is 4.86. The van der Waals surface area contributed by atoms with Gasteiger partial charge in [0.05, 0.1) is 0 Å². The van der Waals surface area contributed by atoms with Crippen molar-refractivity contribution in [1.29, 1.82) is 0 Å². The lowest BCUT2D eigenvalue weighted by Crippen LogP contribution is -2.48. The lowest BCUT2D eigenvalue weighted by atomic mass is 9.97. The van der Waals surface area contributed by atoms with Gasteiger partial charge in [-0.3, -0.25) is 9.59 Å². The third-order valence-corrected chi connectivity index (χ3v) is 5.53. The fourth-order valence-electron chi connectivity index (χ4n) is 3.69. The van der Waals surface area contributed by atoms with E-state index in [1.165, 1.54) is 0 Å². The van der Waals surface area contributed by atoms with E-state index in [1.54, 1.807) is 0 Å². The quantitative estimate of drug-likeness (QED) is 0.550. The minimum absolute atomic E-state index is 0.0939. The Labute approximate surface area is 170 Å². The normalized spacial score (nSPS) is 15.6. The molecule has 5 heteroatoms. The molecule has 2 atom stereocenters. The van der Waals surface area contributed by atoms with Crippen LogP contribution in [0.4, 0.5) is 0 Å². The highest BCUT2D eigenvalue weighted by atomic mass is 16.2. The molecule has 0 spiro atoms. The Morgan fingerprint density at radius 3 is 2.55 bits per heavy atom. The first-order valence-electron chi connectivity index (χ1n) is 10.3. The number of fused-ring (bicyclic) bond motifs is 1. The number of aromatic nitrogens is 1. The zero-order valence-electron chi connectivity index (χ0n) is 16.7. The van der Waals surface area contributed by atoms with E-state index in [2.05, 4.69) is 15.6 Å². The first kappa shape index (κ1) is 19.2. The molecule has 1 aliphatic rings. The second kappa shape index (κ2) is 8.52. The number of aromatic amines is 1. The number of nitrogens with one attached hydrogen (secondary N) is 3. The van der Waals surface area contributed by atoms with Crippen LogP contribution in [0.15, 0.2) is 60.8 Å². The zero-order valence-corrected chi connectivity index (χ0v) is 16.7. The van der Waals surface area contributed by atoms with E-state index in [1.807, 2.05) is 67.7 Å². The van der Waals surface area contributed by atoms with Crippen LogP contribution in [-0.2, 0) is 16.0 Å². The number of carbonyl (C=O) groups is 2. The summed E-state index contributed by atoms with van der Waals surface area (Å²) in [5.74, 6) is -0.105. The highest BCUT2D eigenvalue weighted by molar-refractivity contribution is 5.90. The average Bonchev–Trinajstić information content (AvgIpc) is 3.46. The van der Waals surface area contributed by atoms with Gasteiger partial charge in [0, 0.05) is 36.0 Å². The molecule has 3 aromatic rings. The van der Waals surface area contributed by atoms with Crippen LogP contribution in [0.5, 0.6) is 0 Å². The molecule has 0 bridgehead atoms. The molecule has 150 valence electrons. The Balaban J connectivity index is 1.46. The molecule has 0 saturated heterocycles. The minimum Gasteiger partial charge on any atom is -0.361 e. The van der Waals surface area contributed by atoms with Crippen LogP contribution < -0.4 is 10.6 Å². The Bertz CT molecular complexity index is 992. The maximum atomic E-state index is 12.8. The third-order valence-electron chi connectivity index (χ3n) is 5.53. The van der Waals surface area contributed by atoms with Gasteiger partial charge in [0.15, 0.2) is 0 Å². The van der Waals surface area contributed by atoms with E-state index in [9.17, 15) is 9.59 Å². The van der Waals surface area contributed by atoms with E-state index in [-0.39, 0.29) is 23.8 Å². The lowest BCUT2D eigenvalue weighted by Gasteiger charge is -2.20. The summed E-state index contributed by atoms with van der Waals surface area (Å²) < 4.78 is 0. The number of amides is 2. The summed E-state index contributed by atoms with van der Waals surface area (Å²) in [6.45, 7) is 2.04. The fourth-order valence-corrected chi connectivity index (χ4v) is 3.69. The molecule has 1 fully saturated rings. The first-order chi connectivity index (χ1) is 14.1. The van der Waals surface area contributed by atoms with Gasteiger partial charge in [-0.15, -0.1) is 0 Å². The largest absolute Gasteiger partial charge is 0.361 e. The minimum atomic E-state index is -0.578. The molecule has 1 aliphatic carbocycles.